The molecule has 0 saturated heterocycles. The Bertz CT molecular complexity index is 837. The smallest absolute Gasteiger partial charge is 0.277 e. The minimum absolute atomic E-state index is 0.115. The van der Waals surface area contributed by atoms with E-state index in [1.807, 2.05) is 30.3 Å². The van der Waals surface area contributed by atoms with Crippen molar-refractivity contribution in [3.05, 3.63) is 66.0 Å². The molecule has 0 bridgehead atoms. The van der Waals surface area contributed by atoms with Gasteiger partial charge in [0.1, 0.15) is 5.82 Å². The lowest BCUT2D eigenvalue weighted by Gasteiger charge is -2.09. The second-order valence-corrected chi connectivity index (χ2v) is 6.64. The van der Waals surface area contributed by atoms with Crippen LogP contribution < -0.4 is 5.32 Å². The molecule has 1 N–H and O–H groups in total. The quantitative estimate of drug-likeness (QED) is 0.682. The first kappa shape index (κ1) is 17.2. The maximum absolute atomic E-state index is 12.9. The second-order valence-electron chi connectivity index (χ2n) is 5.34. The van der Waals surface area contributed by atoms with Gasteiger partial charge in [0.15, 0.2) is 0 Å². The van der Waals surface area contributed by atoms with Crippen molar-refractivity contribution in [1.82, 2.24) is 15.5 Å². The maximum atomic E-state index is 12.9. The fourth-order valence-corrected chi connectivity index (χ4v) is 2.81. The Kier molecular flexibility index (Phi) is 5.45. The summed E-state index contributed by atoms with van der Waals surface area (Å²) in [5, 5.41) is 10.6. The van der Waals surface area contributed by atoms with E-state index in [9.17, 15) is 9.18 Å². The summed E-state index contributed by atoms with van der Waals surface area (Å²) in [6, 6.07) is 15.5. The van der Waals surface area contributed by atoms with Crippen molar-refractivity contribution in [3.63, 3.8) is 0 Å². The highest BCUT2D eigenvalue weighted by molar-refractivity contribution is 8.00. The third kappa shape index (κ3) is 4.67. The molecule has 3 aromatic rings. The summed E-state index contributed by atoms with van der Waals surface area (Å²) in [4.78, 5) is 12.2. The van der Waals surface area contributed by atoms with Gasteiger partial charge in [0.05, 0.1) is 5.25 Å². The fraction of sp³-hybridized carbons (Fsp3) is 0.167. The minimum Gasteiger partial charge on any atom is -0.411 e. The molecule has 1 heterocycles. The summed E-state index contributed by atoms with van der Waals surface area (Å²) in [7, 11) is 0. The molecular formula is C18H16FN3O2S. The fourth-order valence-electron chi connectivity index (χ4n) is 2.10. The van der Waals surface area contributed by atoms with Crippen LogP contribution in [0.1, 0.15) is 12.5 Å². The standard InChI is InChI=1S/C18H16FN3O2S/c1-12(16(23)20-11-13-5-3-2-4-6-13)25-18-22-21-17(24-18)14-7-9-15(19)10-8-14/h2-10,12H,11H2,1H3,(H,20,23)/t12-/m1/s1. The van der Waals surface area contributed by atoms with E-state index in [2.05, 4.69) is 15.5 Å². The van der Waals surface area contributed by atoms with Crippen molar-refractivity contribution >= 4 is 17.7 Å². The van der Waals surface area contributed by atoms with Crippen LogP contribution >= 0.6 is 11.8 Å². The van der Waals surface area contributed by atoms with Crippen molar-refractivity contribution in [1.29, 1.82) is 0 Å². The molecule has 1 amide bonds. The van der Waals surface area contributed by atoms with Crippen LogP contribution in [0.2, 0.25) is 0 Å². The van der Waals surface area contributed by atoms with Crippen LogP contribution in [0.5, 0.6) is 0 Å². The molecule has 0 aliphatic carbocycles. The molecule has 2 aromatic carbocycles. The van der Waals surface area contributed by atoms with E-state index < -0.39 is 0 Å². The summed E-state index contributed by atoms with van der Waals surface area (Å²) in [5.41, 5.74) is 1.66. The van der Waals surface area contributed by atoms with E-state index in [0.29, 0.717) is 23.2 Å². The molecule has 0 aliphatic rings. The van der Waals surface area contributed by atoms with Crippen molar-refractivity contribution in [2.24, 2.45) is 0 Å². The SMILES string of the molecule is C[C@@H](Sc1nnc(-c2ccc(F)cc2)o1)C(=O)NCc1ccccc1. The number of hydrogen-bond acceptors (Lipinski definition) is 5. The number of nitrogens with zero attached hydrogens (tertiary/aromatic N) is 2. The third-order valence-corrected chi connectivity index (χ3v) is 4.39. The van der Waals surface area contributed by atoms with Crippen molar-refractivity contribution in [2.75, 3.05) is 0 Å². The summed E-state index contributed by atoms with van der Waals surface area (Å²) >= 11 is 1.18. The molecule has 25 heavy (non-hydrogen) atoms. The average Bonchev–Trinajstić information content (AvgIpc) is 3.09. The Morgan fingerprint density at radius 1 is 1.16 bits per heavy atom. The first-order valence-corrected chi connectivity index (χ1v) is 8.57. The van der Waals surface area contributed by atoms with E-state index in [4.69, 9.17) is 4.42 Å². The number of carbonyl (C=O) groups excluding carboxylic acids is 1. The highest BCUT2D eigenvalue weighted by Gasteiger charge is 2.18. The van der Waals surface area contributed by atoms with Crippen molar-refractivity contribution < 1.29 is 13.6 Å². The van der Waals surface area contributed by atoms with Crippen LogP contribution in [-0.4, -0.2) is 21.4 Å². The van der Waals surface area contributed by atoms with Gasteiger partial charge in [-0.25, -0.2) is 4.39 Å². The van der Waals surface area contributed by atoms with E-state index in [1.165, 1.54) is 23.9 Å². The Labute approximate surface area is 148 Å². The number of halogens is 1. The molecule has 0 radical (unpaired) electrons. The highest BCUT2D eigenvalue weighted by Crippen LogP contribution is 2.26. The van der Waals surface area contributed by atoms with Gasteiger partial charge in [-0.15, -0.1) is 10.2 Å². The van der Waals surface area contributed by atoms with Gasteiger partial charge in [0.25, 0.3) is 5.22 Å². The van der Waals surface area contributed by atoms with Crippen LogP contribution in [0, 0.1) is 5.82 Å². The Hall–Kier alpha value is -2.67. The molecule has 3 rings (SSSR count). The minimum atomic E-state index is -0.384. The van der Waals surface area contributed by atoms with Gasteiger partial charge in [-0.1, -0.05) is 42.1 Å². The molecule has 1 atom stereocenters. The van der Waals surface area contributed by atoms with Crippen LogP contribution in [0.4, 0.5) is 4.39 Å². The summed E-state index contributed by atoms with van der Waals surface area (Å²) in [5.74, 6) is -0.156. The molecule has 128 valence electrons. The monoisotopic (exact) mass is 357 g/mol. The zero-order chi connectivity index (χ0) is 17.6. The van der Waals surface area contributed by atoms with Gasteiger partial charge in [-0.3, -0.25) is 4.79 Å². The average molecular weight is 357 g/mol. The lowest BCUT2D eigenvalue weighted by molar-refractivity contribution is -0.120. The van der Waals surface area contributed by atoms with Gasteiger partial charge in [-0.2, -0.15) is 0 Å². The van der Waals surface area contributed by atoms with Crippen molar-refractivity contribution in [2.45, 2.75) is 23.9 Å². The highest BCUT2D eigenvalue weighted by atomic mass is 32.2. The summed E-state index contributed by atoms with van der Waals surface area (Å²) in [6.07, 6.45) is 0. The Morgan fingerprint density at radius 3 is 2.60 bits per heavy atom. The summed E-state index contributed by atoms with van der Waals surface area (Å²) in [6.45, 7) is 2.24. The van der Waals surface area contributed by atoms with E-state index in [0.717, 1.165) is 5.56 Å². The van der Waals surface area contributed by atoms with Gasteiger partial charge in [0.2, 0.25) is 11.8 Å². The van der Waals surface area contributed by atoms with Gasteiger partial charge < -0.3 is 9.73 Å². The van der Waals surface area contributed by atoms with Gasteiger partial charge >= 0.3 is 0 Å². The number of benzene rings is 2. The predicted molar refractivity (Wildman–Crippen MR) is 93.3 cm³/mol. The topological polar surface area (TPSA) is 68.0 Å². The molecule has 7 heteroatoms. The van der Waals surface area contributed by atoms with E-state index >= 15 is 0 Å². The molecule has 0 unspecified atom stereocenters. The molecule has 1 aromatic heterocycles. The second kappa shape index (κ2) is 7.94. The molecule has 0 aliphatic heterocycles. The number of nitrogens with one attached hydrogen (secondary N) is 1. The van der Waals surface area contributed by atoms with E-state index in [-0.39, 0.29) is 17.0 Å². The first-order valence-electron chi connectivity index (χ1n) is 7.69. The van der Waals surface area contributed by atoms with Crippen LogP contribution in [0.25, 0.3) is 11.5 Å². The van der Waals surface area contributed by atoms with Gasteiger partial charge in [0, 0.05) is 12.1 Å². The predicted octanol–water partition coefficient (Wildman–Crippen LogP) is 3.67. The molecular weight excluding hydrogens is 341 g/mol. The van der Waals surface area contributed by atoms with E-state index in [1.54, 1.807) is 19.1 Å². The number of carbonyl (C=O) groups is 1. The van der Waals surface area contributed by atoms with Gasteiger partial charge in [-0.05, 0) is 36.8 Å². The Morgan fingerprint density at radius 2 is 1.88 bits per heavy atom. The lowest BCUT2D eigenvalue weighted by Crippen LogP contribution is -2.30. The zero-order valence-corrected chi connectivity index (χ0v) is 14.3. The first-order chi connectivity index (χ1) is 12.1. The molecule has 0 fully saturated rings. The summed E-state index contributed by atoms with van der Waals surface area (Å²) < 4.78 is 18.5. The largest absolute Gasteiger partial charge is 0.411 e. The molecule has 5 nitrogen and oxygen atoms in total. The number of rotatable bonds is 6. The maximum Gasteiger partial charge on any atom is 0.277 e. The van der Waals surface area contributed by atoms with Crippen LogP contribution in [-0.2, 0) is 11.3 Å². The lowest BCUT2D eigenvalue weighted by atomic mass is 10.2. The molecule has 0 spiro atoms. The number of thioether (sulfide) groups is 1. The third-order valence-electron chi connectivity index (χ3n) is 3.45. The number of amides is 1. The Balaban J connectivity index is 1.56. The molecule has 0 saturated carbocycles. The zero-order valence-electron chi connectivity index (χ0n) is 13.5. The number of aromatic nitrogens is 2. The normalized spacial score (nSPS) is 11.9. The van der Waals surface area contributed by atoms with Crippen LogP contribution in [0.15, 0.2) is 64.2 Å². The van der Waals surface area contributed by atoms with Crippen LogP contribution in [0.3, 0.4) is 0 Å². The number of hydrogen-bond donors (Lipinski definition) is 1. The van der Waals surface area contributed by atoms with Crippen molar-refractivity contribution in [3.8, 4) is 11.5 Å².